The SMILES string of the molecule is OC1(C2=CCC=N2)CCC2(CCCCC2)CC1. The third-order valence-corrected chi connectivity index (χ3v) is 5.18. The lowest BCUT2D eigenvalue weighted by atomic mass is 9.61. The molecule has 2 fully saturated rings. The fraction of sp³-hybridized carbons (Fsp3) is 0.800. The van der Waals surface area contributed by atoms with Gasteiger partial charge in [0.2, 0.25) is 0 Å². The first kappa shape index (κ1) is 11.5. The fourth-order valence-corrected chi connectivity index (χ4v) is 3.93. The minimum Gasteiger partial charge on any atom is -0.384 e. The minimum absolute atomic E-state index is 0.577. The molecule has 1 N–H and O–H groups in total. The van der Waals surface area contributed by atoms with Crippen LogP contribution in [0, 0.1) is 5.41 Å². The van der Waals surface area contributed by atoms with E-state index in [-0.39, 0.29) is 0 Å². The highest BCUT2D eigenvalue weighted by Crippen LogP contribution is 2.51. The highest BCUT2D eigenvalue weighted by Gasteiger charge is 2.44. The molecule has 3 aliphatic rings. The van der Waals surface area contributed by atoms with Crippen LogP contribution in [-0.4, -0.2) is 16.9 Å². The van der Waals surface area contributed by atoms with E-state index < -0.39 is 5.60 Å². The van der Waals surface area contributed by atoms with Crippen LogP contribution in [0.4, 0.5) is 0 Å². The first-order chi connectivity index (χ1) is 8.23. The fourth-order valence-electron chi connectivity index (χ4n) is 3.93. The number of hydrogen-bond acceptors (Lipinski definition) is 2. The average molecular weight is 233 g/mol. The zero-order valence-electron chi connectivity index (χ0n) is 10.6. The molecule has 0 amide bonds. The Hall–Kier alpha value is -0.630. The van der Waals surface area contributed by atoms with Gasteiger partial charge in [-0.3, -0.25) is 4.99 Å². The Morgan fingerprint density at radius 1 is 0.941 bits per heavy atom. The van der Waals surface area contributed by atoms with Crippen LogP contribution in [0.25, 0.3) is 0 Å². The van der Waals surface area contributed by atoms with Crippen molar-refractivity contribution in [2.24, 2.45) is 10.4 Å². The summed E-state index contributed by atoms with van der Waals surface area (Å²) in [5, 5.41) is 10.7. The Morgan fingerprint density at radius 3 is 2.24 bits per heavy atom. The standard InChI is InChI=1S/C15H23NO/c17-15(13-5-4-12-16-13)10-8-14(9-11-15)6-2-1-3-7-14/h5,12,17H,1-4,6-11H2. The Bertz CT molecular complexity index is 340. The molecule has 0 aromatic carbocycles. The predicted octanol–water partition coefficient (Wildman–Crippen LogP) is 3.60. The lowest BCUT2D eigenvalue weighted by Crippen LogP contribution is -2.40. The molecule has 2 saturated carbocycles. The van der Waals surface area contributed by atoms with Crippen molar-refractivity contribution in [3.05, 3.63) is 11.8 Å². The molecule has 0 unspecified atom stereocenters. The van der Waals surface area contributed by atoms with Gasteiger partial charge < -0.3 is 5.11 Å². The molecule has 1 spiro atoms. The third-order valence-electron chi connectivity index (χ3n) is 5.18. The number of allylic oxidation sites excluding steroid dienone is 1. The second kappa shape index (κ2) is 4.24. The van der Waals surface area contributed by atoms with E-state index in [1.165, 1.54) is 44.9 Å². The van der Waals surface area contributed by atoms with Gasteiger partial charge in [-0.1, -0.05) is 25.3 Å². The van der Waals surface area contributed by atoms with Crippen molar-refractivity contribution >= 4 is 6.21 Å². The Morgan fingerprint density at radius 2 is 1.65 bits per heavy atom. The minimum atomic E-state index is -0.601. The van der Waals surface area contributed by atoms with Gasteiger partial charge in [0.15, 0.2) is 0 Å². The summed E-state index contributed by atoms with van der Waals surface area (Å²) in [5.41, 5.74) is 0.923. The summed E-state index contributed by atoms with van der Waals surface area (Å²) in [6.07, 6.45) is 16.2. The van der Waals surface area contributed by atoms with E-state index in [0.29, 0.717) is 5.41 Å². The Balaban J connectivity index is 1.68. The van der Waals surface area contributed by atoms with Gasteiger partial charge in [0.1, 0.15) is 5.60 Å². The van der Waals surface area contributed by atoms with Crippen LogP contribution in [-0.2, 0) is 0 Å². The number of aliphatic hydroxyl groups is 1. The molecule has 3 rings (SSSR count). The molecule has 17 heavy (non-hydrogen) atoms. The smallest absolute Gasteiger partial charge is 0.106 e. The van der Waals surface area contributed by atoms with Gasteiger partial charge in [-0.15, -0.1) is 0 Å². The lowest BCUT2D eigenvalue weighted by molar-refractivity contribution is -0.0187. The van der Waals surface area contributed by atoms with E-state index in [1.807, 2.05) is 6.21 Å². The zero-order chi connectivity index (χ0) is 11.8. The van der Waals surface area contributed by atoms with Crippen molar-refractivity contribution in [2.75, 3.05) is 0 Å². The molecule has 1 aliphatic heterocycles. The third kappa shape index (κ3) is 2.08. The average Bonchev–Trinajstić information content (AvgIpc) is 2.89. The van der Waals surface area contributed by atoms with Crippen LogP contribution in [0.15, 0.2) is 16.8 Å². The molecular weight excluding hydrogens is 210 g/mol. The molecule has 0 aromatic rings. The van der Waals surface area contributed by atoms with Crippen LogP contribution < -0.4 is 0 Å². The van der Waals surface area contributed by atoms with Crippen molar-refractivity contribution in [1.29, 1.82) is 0 Å². The summed E-state index contributed by atoms with van der Waals surface area (Å²) in [4.78, 5) is 4.35. The van der Waals surface area contributed by atoms with E-state index in [4.69, 9.17) is 0 Å². The number of nitrogens with zero attached hydrogens (tertiary/aromatic N) is 1. The van der Waals surface area contributed by atoms with Gasteiger partial charge in [0.25, 0.3) is 0 Å². The molecule has 2 aliphatic carbocycles. The summed E-state index contributed by atoms with van der Waals surface area (Å²) in [5.74, 6) is 0. The molecule has 1 heterocycles. The van der Waals surface area contributed by atoms with E-state index >= 15 is 0 Å². The number of hydrogen-bond donors (Lipinski definition) is 1. The zero-order valence-corrected chi connectivity index (χ0v) is 10.6. The molecule has 0 radical (unpaired) electrons. The van der Waals surface area contributed by atoms with Crippen molar-refractivity contribution < 1.29 is 5.11 Å². The summed E-state index contributed by atoms with van der Waals surface area (Å²) >= 11 is 0. The molecule has 2 nitrogen and oxygen atoms in total. The lowest BCUT2D eigenvalue weighted by Gasteiger charge is -2.46. The molecule has 0 atom stereocenters. The molecule has 2 heteroatoms. The van der Waals surface area contributed by atoms with Crippen molar-refractivity contribution in [2.45, 2.75) is 69.8 Å². The largest absolute Gasteiger partial charge is 0.384 e. The first-order valence-electron chi connectivity index (χ1n) is 7.18. The topological polar surface area (TPSA) is 32.6 Å². The Kier molecular flexibility index (Phi) is 2.86. The number of aliphatic imine (C=N–C) groups is 1. The van der Waals surface area contributed by atoms with Gasteiger partial charge in [0, 0.05) is 12.6 Å². The van der Waals surface area contributed by atoms with E-state index in [0.717, 1.165) is 25.0 Å². The summed E-state index contributed by atoms with van der Waals surface area (Å²) in [7, 11) is 0. The van der Waals surface area contributed by atoms with Gasteiger partial charge in [-0.05, 0) is 43.9 Å². The van der Waals surface area contributed by atoms with Crippen molar-refractivity contribution in [1.82, 2.24) is 0 Å². The quantitative estimate of drug-likeness (QED) is 0.737. The van der Waals surface area contributed by atoms with Crippen molar-refractivity contribution in [3.8, 4) is 0 Å². The normalized spacial score (nSPS) is 30.5. The highest BCUT2D eigenvalue weighted by molar-refractivity contribution is 5.65. The maximum absolute atomic E-state index is 10.7. The predicted molar refractivity (Wildman–Crippen MR) is 70.1 cm³/mol. The highest BCUT2D eigenvalue weighted by atomic mass is 16.3. The first-order valence-corrected chi connectivity index (χ1v) is 7.18. The van der Waals surface area contributed by atoms with Gasteiger partial charge in [0.05, 0.1) is 5.70 Å². The molecule has 0 bridgehead atoms. The Labute approximate surface area is 104 Å². The van der Waals surface area contributed by atoms with Gasteiger partial charge >= 0.3 is 0 Å². The van der Waals surface area contributed by atoms with Crippen molar-refractivity contribution in [3.63, 3.8) is 0 Å². The van der Waals surface area contributed by atoms with E-state index in [2.05, 4.69) is 11.1 Å². The second-order valence-electron chi connectivity index (χ2n) is 6.23. The monoisotopic (exact) mass is 233 g/mol. The summed E-state index contributed by atoms with van der Waals surface area (Å²) in [6.45, 7) is 0. The maximum Gasteiger partial charge on any atom is 0.106 e. The maximum atomic E-state index is 10.7. The molecule has 0 saturated heterocycles. The van der Waals surface area contributed by atoms with E-state index in [1.54, 1.807) is 0 Å². The van der Waals surface area contributed by atoms with E-state index in [9.17, 15) is 5.11 Å². The van der Waals surface area contributed by atoms with Crippen LogP contribution >= 0.6 is 0 Å². The van der Waals surface area contributed by atoms with Crippen LogP contribution in [0.3, 0.4) is 0 Å². The summed E-state index contributed by atoms with van der Waals surface area (Å²) < 4.78 is 0. The molecule has 0 aromatic heterocycles. The second-order valence-corrected chi connectivity index (χ2v) is 6.23. The summed E-state index contributed by atoms with van der Waals surface area (Å²) in [6, 6.07) is 0. The van der Waals surface area contributed by atoms with Gasteiger partial charge in [-0.25, -0.2) is 0 Å². The van der Waals surface area contributed by atoms with Crippen LogP contribution in [0.2, 0.25) is 0 Å². The molecule has 94 valence electrons. The molecular formula is C15H23NO. The van der Waals surface area contributed by atoms with Crippen LogP contribution in [0.5, 0.6) is 0 Å². The van der Waals surface area contributed by atoms with Crippen LogP contribution in [0.1, 0.15) is 64.2 Å². The van der Waals surface area contributed by atoms with Gasteiger partial charge in [-0.2, -0.15) is 0 Å². The number of rotatable bonds is 1.